The largest absolute Gasteiger partial charge is 0.371 e. The molecule has 58 heavy (non-hydrogen) atoms. The van der Waals surface area contributed by atoms with E-state index in [0.29, 0.717) is 35.8 Å². The molecule has 5 aliphatic heterocycles. The molecular formula is C46H54F2N10. The smallest absolute Gasteiger partial charge is 0.208 e. The summed E-state index contributed by atoms with van der Waals surface area (Å²) in [7, 11) is 2.02. The van der Waals surface area contributed by atoms with E-state index in [1.807, 2.05) is 24.9 Å². The molecular weight excluding hydrogens is 731 g/mol. The molecule has 3 saturated heterocycles. The maximum atomic E-state index is 15.3. The first-order valence-electron chi connectivity index (χ1n) is 20.9. The molecule has 2 N–H and O–H groups in total. The van der Waals surface area contributed by atoms with E-state index in [4.69, 9.17) is 9.98 Å². The number of hydrogen-bond acceptors (Lipinski definition) is 9. The summed E-state index contributed by atoms with van der Waals surface area (Å²) in [6.45, 7) is 21.7. The van der Waals surface area contributed by atoms with Crippen LogP contribution in [-0.2, 0) is 13.5 Å². The number of rotatable bonds is 5. The SMILES string of the molecule is C=C1CCC(c2c(F)cc(N3CC(CN4CCN(c5ccc6c(c5)N5CCCCCCc7c(cnn7C)-c7cc(cc(C)n7)C(=C)/N=C/5N6)CC4)C3)cc2F)C(=C)N1. The van der Waals surface area contributed by atoms with Crippen LogP contribution in [0, 0.1) is 24.5 Å². The summed E-state index contributed by atoms with van der Waals surface area (Å²) < 4.78 is 32.7. The second kappa shape index (κ2) is 15.7. The van der Waals surface area contributed by atoms with E-state index < -0.39 is 11.6 Å². The number of benzene rings is 2. The predicted molar refractivity (Wildman–Crippen MR) is 231 cm³/mol. The van der Waals surface area contributed by atoms with Gasteiger partial charge in [-0.3, -0.25) is 14.6 Å². The molecule has 0 aliphatic carbocycles. The van der Waals surface area contributed by atoms with Crippen LogP contribution in [0.3, 0.4) is 0 Å². The fraction of sp³-hybridized carbons (Fsp3) is 0.413. The van der Waals surface area contributed by atoms with Gasteiger partial charge in [-0.15, -0.1) is 0 Å². The lowest BCUT2D eigenvalue weighted by molar-refractivity contribution is 0.200. The average Bonchev–Trinajstić information content (AvgIpc) is 3.72. The van der Waals surface area contributed by atoms with Crippen molar-refractivity contribution in [2.24, 2.45) is 18.0 Å². The average molecular weight is 785 g/mol. The number of nitrogens with zero attached hydrogens (tertiary/aromatic N) is 8. The maximum absolute atomic E-state index is 15.3. The van der Waals surface area contributed by atoms with Crippen molar-refractivity contribution in [1.29, 1.82) is 0 Å². The molecule has 0 radical (unpaired) electrons. The summed E-state index contributed by atoms with van der Waals surface area (Å²) in [6.07, 6.45) is 8.61. The number of hydrogen-bond donors (Lipinski definition) is 2. The number of nitrogens with one attached hydrogen (secondary N) is 2. The van der Waals surface area contributed by atoms with Gasteiger partial charge in [0.25, 0.3) is 0 Å². The fourth-order valence-corrected chi connectivity index (χ4v) is 9.44. The zero-order valence-electron chi connectivity index (χ0n) is 33.8. The Morgan fingerprint density at radius 2 is 1.60 bits per heavy atom. The van der Waals surface area contributed by atoms with Crippen molar-refractivity contribution >= 4 is 34.4 Å². The first kappa shape index (κ1) is 38.1. The molecule has 0 spiro atoms. The summed E-state index contributed by atoms with van der Waals surface area (Å²) >= 11 is 0. The summed E-state index contributed by atoms with van der Waals surface area (Å²) in [6, 6.07) is 13.9. The van der Waals surface area contributed by atoms with E-state index in [0.717, 1.165) is 130 Å². The van der Waals surface area contributed by atoms with Gasteiger partial charge in [0.05, 0.1) is 29.0 Å². The van der Waals surface area contributed by atoms with Crippen LogP contribution in [0.25, 0.3) is 17.0 Å². The van der Waals surface area contributed by atoms with Crippen molar-refractivity contribution < 1.29 is 8.78 Å². The molecule has 10 nitrogen and oxygen atoms in total. The molecule has 9 rings (SSSR count). The zero-order valence-corrected chi connectivity index (χ0v) is 33.8. The van der Waals surface area contributed by atoms with Gasteiger partial charge in [-0.05, 0) is 81.5 Å². The zero-order chi connectivity index (χ0) is 40.1. The van der Waals surface area contributed by atoms with Gasteiger partial charge in [0.15, 0.2) is 0 Å². The molecule has 1 unspecified atom stereocenters. The Morgan fingerprint density at radius 1 is 0.828 bits per heavy atom. The Kier molecular flexibility index (Phi) is 10.3. The van der Waals surface area contributed by atoms with Crippen LogP contribution in [-0.4, -0.2) is 78.0 Å². The highest BCUT2D eigenvalue weighted by atomic mass is 19.1. The number of piperazine rings is 1. The molecule has 2 aromatic carbocycles. The number of aliphatic imine (C=N–C) groups is 1. The minimum Gasteiger partial charge on any atom is -0.371 e. The number of fused-ring (bicyclic) bond motifs is 7. The number of guanidine groups is 1. The molecule has 2 bridgehead atoms. The van der Waals surface area contributed by atoms with E-state index in [9.17, 15) is 0 Å². The van der Waals surface area contributed by atoms with Crippen LogP contribution < -0.4 is 25.3 Å². The standard InChI is InChI=1S/C46H54F2N10/c1-29-11-13-37(32(4)50-29)45-39(47)22-36(23-40(45)48)57-27-33(28-57)26-55-16-18-56(19-17-55)35-12-14-41-44(24-35)58-15-9-7-6-8-10-43-38(25-49-54(43)5)42-21-34(20-30(2)51-42)31(3)52-46(58)53-41/h12,14,20-25,33,37,50H,1,3-4,6-11,13,15-19,26-28H2,2,5H3,(H,52,53). The highest BCUT2D eigenvalue weighted by molar-refractivity contribution is 6.16. The summed E-state index contributed by atoms with van der Waals surface area (Å²) in [5, 5.41) is 11.3. The van der Waals surface area contributed by atoms with Crippen molar-refractivity contribution in [1.82, 2.24) is 25.0 Å². The van der Waals surface area contributed by atoms with Crippen LogP contribution in [0.4, 0.5) is 31.5 Å². The molecule has 2 aromatic heterocycles. The van der Waals surface area contributed by atoms with E-state index in [1.54, 1.807) is 0 Å². The minimum absolute atomic E-state index is 0.108. The lowest BCUT2D eigenvalue weighted by Crippen LogP contribution is -2.55. The van der Waals surface area contributed by atoms with E-state index in [1.165, 1.54) is 23.5 Å². The van der Waals surface area contributed by atoms with Crippen LogP contribution in [0.5, 0.6) is 0 Å². The first-order chi connectivity index (χ1) is 28.1. The Morgan fingerprint density at radius 3 is 2.38 bits per heavy atom. The molecule has 4 aromatic rings. The lowest BCUT2D eigenvalue weighted by atomic mass is 9.87. The minimum atomic E-state index is -0.497. The molecule has 7 heterocycles. The Hall–Kier alpha value is -5.49. The van der Waals surface area contributed by atoms with Gasteiger partial charge in [0, 0.05) is 122 Å². The van der Waals surface area contributed by atoms with Crippen molar-refractivity contribution in [3.05, 3.63) is 114 Å². The quantitative estimate of drug-likeness (QED) is 0.210. The normalized spacial score (nSPS) is 21.5. The predicted octanol–water partition coefficient (Wildman–Crippen LogP) is 8.20. The van der Waals surface area contributed by atoms with Crippen molar-refractivity contribution in [2.75, 3.05) is 72.4 Å². The number of allylic oxidation sites excluding steroid dienone is 2. The van der Waals surface area contributed by atoms with Crippen molar-refractivity contribution in [3.8, 4) is 11.3 Å². The van der Waals surface area contributed by atoms with Gasteiger partial charge < -0.3 is 25.3 Å². The van der Waals surface area contributed by atoms with Gasteiger partial charge in [-0.1, -0.05) is 32.6 Å². The highest BCUT2D eigenvalue weighted by Crippen LogP contribution is 2.40. The lowest BCUT2D eigenvalue weighted by Gasteiger charge is -2.45. The molecule has 5 aliphatic rings. The number of aromatic nitrogens is 3. The number of halogens is 2. The van der Waals surface area contributed by atoms with Crippen LogP contribution in [0.15, 0.2) is 84.8 Å². The van der Waals surface area contributed by atoms with Crippen LogP contribution >= 0.6 is 0 Å². The first-order valence-corrected chi connectivity index (χ1v) is 20.9. The Bertz CT molecular complexity index is 2270. The molecule has 302 valence electrons. The van der Waals surface area contributed by atoms with E-state index >= 15 is 8.78 Å². The number of piperidine rings is 1. The third-order valence-corrected chi connectivity index (χ3v) is 12.7. The molecule has 1 atom stereocenters. The third kappa shape index (κ3) is 7.50. The van der Waals surface area contributed by atoms with Gasteiger partial charge in [0.1, 0.15) is 11.6 Å². The fourth-order valence-electron chi connectivity index (χ4n) is 9.44. The second-order valence-electron chi connectivity index (χ2n) is 16.8. The van der Waals surface area contributed by atoms with Crippen LogP contribution in [0.2, 0.25) is 0 Å². The van der Waals surface area contributed by atoms with E-state index in [-0.39, 0.29) is 11.5 Å². The number of anilines is 4. The van der Waals surface area contributed by atoms with Crippen molar-refractivity contribution in [3.63, 3.8) is 0 Å². The van der Waals surface area contributed by atoms with Gasteiger partial charge in [0.2, 0.25) is 5.96 Å². The maximum Gasteiger partial charge on any atom is 0.208 e. The third-order valence-electron chi connectivity index (χ3n) is 12.7. The molecule has 0 saturated carbocycles. The van der Waals surface area contributed by atoms with E-state index in [2.05, 4.69) is 85.4 Å². The summed E-state index contributed by atoms with van der Waals surface area (Å²) in [5.74, 6) is -0.109. The molecule has 0 amide bonds. The summed E-state index contributed by atoms with van der Waals surface area (Å²) in [4.78, 5) is 19.5. The summed E-state index contributed by atoms with van der Waals surface area (Å²) in [5.41, 5.74) is 11.4. The number of aryl methyl sites for hydroxylation is 2. The number of pyridine rings is 1. The highest BCUT2D eigenvalue weighted by Gasteiger charge is 2.33. The molecule has 12 heteroatoms. The van der Waals surface area contributed by atoms with Gasteiger partial charge in [-0.2, -0.15) is 5.10 Å². The Labute approximate surface area is 340 Å². The monoisotopic (exact) mass is 784 g/mol. The topological polar surface area (TPSA) is 80.1 Å². The second-order valence-corrected chi connectivity index (χ2v) is 16.8. The van der Waals surface area contributed by atoms with Crippen molar-refractivity contribution in [2.45, 2.75) is 57.8 Å². The van der Waals surface area contributed by atoms with Gasteiger partial charge >= 0.3 is 0 Å². The van der Waals surface area contributed by atoms with Crippen LogP contribution in [0.1, 0.15) is 67.0 Å². The Balaban J connectivity index is 0.833. The van der Waals surface area contributed by atoms with Gasteiger partial charge in [-0.25, -0.2) is 13.8 Å². The molecule has 3 fully saturated rings.